The Labute approximate surface area is 193 Å². The average molecular weight is 512 g/mol. The lowest BCUT2D eigenvalue weighted by molar-refractivity contribution is 0.0372. The fraction of sp³-hybridized carbons (Fsp3) is 0.696. The zero-order valence-corrected chi connectivity index (χ0v) is 20.1. The minimum absolute atomic E-state index is 0. The number of nitrogens with one attached hydrogen (secondary N) is 1. The molecule has 6 heteroatoms. The number of guanidine groups is 1. The number of benzene rings is 1. The van der Waals surface area contributed by atoms with Crippen LogP contribution in [0.2, 0.25) is 0 Å². The quantitative estimate of drug-likeness (QED) is 0.349. The molecule has 3 fully saturated rings. The number of aliphatic imine (C=N–C) groups is 1. The Morgan fingerprint density at radius 2 is 2.00 bits per heavy atom. The molecule has 0 amide bonds. The van der Waals surface area contributed by atoms with Crippen LogP contribution in [0.5, 0.6) is 0 Å². The highest BCUT2D eigenvalue weighted by atomic mass is 127. The maximum Gasteiger partial charge on any atom is 0.193 e. The summed E-state index contributed by atoms with van der Waals surface area (Å²) in [6, 6.07) is 11.6. The van der Waals surface area contributed by atoms with E-state index in [2.05, 4.69) is 52.4 Å². The first-order valence-corrected chi connectivity index (χ1v) is 11.1. The Kier molecular flexibility index (Phi) is 8.22. The number of hydrogen-bond donors (Lipinski definition) is 2. The second kappa shape index (κ2) is 10.4. The standard InChI is InChI=1S/C23H36N4O.HI/c1-2-24-22(25-17-23(18-28)11-12-23)27-14-10-21-20(16-27)9-6-13-26(21)15-19-7-4-3-5-8-19;/h3-5,7-8,20-21,28H,2,6,9-18H2,1H3,(H,24,25);1H. The fourth-order valence-corrected chi connectivity index (χ4v) is 4.92. The van der Waals surface area contributed by atoms with E-state index < -0.39 is 0 Å². The maximum atomic E-state index is 9.61. The van der Waals surface area contributed by atoms with Gasteiger partial charge in [0.15, 0.2) is 5.96 Å². The smallest absolute Gasteiger partial charge is 0.193 e. The van der Waals surface area contributed by atoms with Crippen molar-refractivity contribution in [3.63, 3.8) is 0 Å². The topological polar surface area (TPSA) is 51.1 Å². The molecule has 2 unspecified atom stereocenters. The van der Waals surface area contributed by atoms with Crippen LogP contribution in [0.4, 0.5) is 0 Å². The van der Waals surface area contributed by atoms with E-state index in [0.29, 0.717) is 6.04 Å². The third kappa shape index (κ3) is 5.64. The van der Waals surface area contributed by atoms with Crippen molar-refractivity contribution >= 4 is 29.9 Å². The van der Waals surface area contributed by atoms with Gasteiger partial charge in [0, 0.05) is 37.6 Å². The lowest BCUT2D eigenvalue weighted by atomic mass is 9.83. The van der Waals surface area contributed by atoms with Gasteiger partial charge in [-0.3, -0.25) is 9.89 Å². The van der Waals surface area contributed by atoms with Crippen LogP contribution in [0, 0.1) is 11.3 Å². The predicted molar refractivity (Wildman–Crippen MR) is 130 cm³/mol. The van der Waals surface area contributed by atoms with Crippen LogP contribution in [-0.4, -0.2) is 66.2 Å². The highest BCUT2D eigenvalue weighted by Gasteiger charge is 2.42. The van der Waals surface area contributed by atoms with Gasteiger partial charge in [-0.05, 0) is 57.1 Å². The number of nitrogens with zero attached hydrogens (tertiary/aromatic N) is 3. The van der Waals surface area contributed by atoms with Gasteiger partial charge in [0.1, 0.15) is 0 Å². The Morgan fingerprint density at radius 3 is 2.69 bits per heavy atom. The number of halogens is 1. The first-order valence-electron chi connectivity index (χ1n) is 11.1. The second-order valence-corrected chi connectivity index (χ2v) is 8.99. The average Bonchev–Trinajstić information content (AvgIpc) is 3.52. The van der Waals surface area contributed by atoms with Crippen LogP contribution >= 0.6 is 24.0 Å². The van der Waals surface area contributed by atoms with Crippen LogP contribution in [0.15, 0.2) is 35.3 Å². The highest BCUT2D eigenvalue weighted by Crippen LogP contribution is 2.45. The van der Waals surface area contributed by atoms with E-state index in [0.717, 1.165) is 57.4 Å². The van der Waals surface area contributed by atoms with E-state index >= 15 is 0 Å². The summed E-state index contributed by atoms with van der Waals surface area (Å²) in [5.74, 6) is 1.78. The molecule has 0 radical (unpaired) electrons. The van der Waals surface area contributed by atoms with Crippen molar-refractivity contribution in [2.75, 3.05) is 39.3 Å². The number of rotatable bonds is 6. The predicted octanol–water partition coefficient (Wildman–Crippen LogP) is 3.33. The van der Waals surface area contributed by atoms with E-state index in [9.17, 15) is 5.11 Å². The number of likely N-dealkylation sites (tertiary alicyclic amines) is 2. The molecule has 1 aromatic carbocycles. The van der Waals surface area contributed by atoms with E-state index in [-0.39, 0.29) is 36.0 Å². The van der Waals surface area contributed by atoms with Crippen LogP contribution < -0.4 is 5.32 Å². The largest absolute Gasteiger partial charge is 0.396 e. The molecule has 0 spiro atoms. The van der Waals surface area contributed by atoms with E-state index in [1.54, 1.807) is 0 Å². The summed E-state index contributed by atoms with van der Waals surface area (Å²) in [5, 5.41) is 13.1. The van der Waals surface area contributed by atoms with Crippen molar-refractivity contribution in [2.45, 2.75) is 51.6 Å². The molecule has 3 aliphatic rings. The van der Waals surface area contributed by atoms with E-state index in [1.165, 1.54) is 31.4 Å². The van der Waals surface area contributed by atoms with Gasteiger partial charge >= 0.3 is 0 Å². The zero-order valence-electron chi connectivity index (χ0n) is 17.7. The Morgan fingerprint density at radius 1 is 1.21 bits per heavy atom. The maximum absolute atomic E-state index is 9.61. The summed E-state index contributed by atoms with van der Waals surface area (Å²) >= 11 is 0. The first kappa shape index (κ1) is 22.8. The van der Waals surface area contributed by atoms with Crippen molar-refractivity contribution in [1.82, 2.24) is 15.1 Å². The van der Waals surface area contributed by atoms with Crippen LogP contribution in [0.3, 0.4) is 0 Å². The number of hydrogen-bond acceptors (Lipinski definition) is 3. The molecule has 2 heterocycles. The number of aliphatic hydroxyl groups is 1. The molecule has 2 aliphatic heterocycles. The third-order valence-corrected chi connectivity index (χ3v) is 6.90. The molecule has 0 bridgehead atoms. The number of fused-ring (bicyclic) bond motifs is 1. The Bertz CT molecular complexity index is 664. The summed E-state index contributed by atoms with van der Waals surface area (Å²) in [6.07, 6.45) is 6.07. The van der Waals surface area contributed by atoms with Gasteiger partial charge in [-0.1, -0.05) is 30.3 Å². The van der Waals surface area contributed by atoms with Crippen LogP contribution in [0.1, 0.15) is 44.6 Å². The van der Waals surface area contributed by atoms with Crippen molar-refractivity contribution in [1.29, 1.82) is 0 Å². The molecule has 4 rings (SSSR count). The van der Waals surface area contributed by atoms with E-state index in [4.69, 9.17) is 4.99 Å². The minimum atomic E-state index is 0. The first-order chi connectivity index (χ1) is 13.7. The van der Waals surface area contributed by atoms with Crippen molar-refractivity contribution < 1.29 is 5.11 Å². The van der Waals surface area contributed by atoms with Gasteiger partial charge < -0.3 is 15.3 Å². The summed E-state index contributed by atoms with van der Waals surface area (Å²) in [5.41, 5.74) is 1.51. The molecule has 1 aliphatic carbocycles. The summed E-state index contributed by atoms with van der Waals surface area (Å²) < 4.78 is 0. The Hall–Kier alpha value is -0.860. The second-order valence-electron chi connectivity index (χ2n) is 8.99. The monoisotopic (exact) mass is 512 g/mol. The SMILES string of the molecule is CCNC(=NCC1(CO)CC1)N1CCC2C(CCCN2Cc2ccccc2)C1.I. The van der Waals surface area contributed by atoms with Crippen LogP contribution in [0.25, 0.3) is 0 Å². The summed E-state index contributed by atoms with van der Waals surface area (Å²) in [6.45, 7) is 8.56. The molecular weight excluding hydrogens is 475 g/mol. The van der Waals surface area contributed by atoms with Crippen molar-refractivity contribution in [3.8, 4) is 0 Å². The Balaban J connectivity index is 0.00000240. The molecule has 1 saturated carbocycles. The van der Waals surface area contributed by atoms with Crippen molar-refractivity contribution in [2.24, 2.45) is 16.3 Å². The zero-order chi connectivity index (χ0) is 19.4. The number of aliphatic hydroxyl groups excluding tert-OH is 1. The molecule has 2 saturated heterocycles. The minimum Gasteiger partial charge on any atom is -0.396 e. The molecular formula is C23H37IN4O. The lowest BCUT2D eigenvalue weighted by Crippen LogP contribution is -2.56. The van der Waals surface area contributed by atoms with Crippen LogP contribution in [-0.2, 0) is 6.54 Å². The molecule has 162 valence electrons. The fourth-order valence-electron chi connectivity index (χ4n) is 4.92. The van der Waals surface area contributed by atoms with E-state index in [1.807, 2.05) is 0 Å². The summed E-state index contributed by atoms with van der Waals surface area (Å²) in [7, 11) is 0. The normalized spacial score (nSPS) is 26.4. The highest BCUT2D eigenvalue weighted by molar-refractivity contribution is 14.0. The third-order valence-electron chi connectivity index (χ3n) is 6.90. The number of piperidine rings is 2. The molecule has 1 aromatic rings. The molecule has 2 atom stereocenters. The lowest BCUT2D eigenvalue weighted by Gasteiger charge is -2.48. The van der Waals surface area contributed by atoms with Gasteiger partial charge in [0.05, 0.1) is 13.2 Å². The van der Waals surface area contributed by atoms with Gasteiger partial charge in [-0.2, -0.15) is 0 Å². The molecule has 29 heavy (non-hydrogen) atoms. The van der Waals surface area contributed by atoms with Gasteiger partial charge in [-0.15, -0.1) is 24.0 Å². The summed E-state index contributed by atoms with van der Waals surface area (Å²) in [4.78, 5) is 10.1. The van der Waals surface area contributed by atoms with Gasteiger partial charge in [0.25, 0.3) is 0 Å². The van der Waals surface area contributed by atoms with Gasteiger partial charge in [0.2, 0.25) is 0 Å². The molecule has 0 aromatic heterocycles. The molecule has 5 nitrogen and oxygen atoms in total. The van der Waals surface area contributed by atoms with Gasteiger partial charge in [-0.25, -0.2) is 0 Å². The van der Waals surface area contributed by atoms with Crippen molar-refractivity contribution in [3.05, 3.63) is 35.9 Å². The molecule has 2 N–H and O–H groups in total.